The van der Waals surface area contributed by atoms with Crippen LogP contribution in [0.3, 0.4) is 0 Å². The first-order chi connectivity index (χ1) is 12.1. The Kier molecular flexibility index (Phi) is 4.48. The van der Waals surface area contributed by atoms with Gasteiger partial charge in [-0.3, -0.25) is 9.69 Å². The van der Waals surface area contributed by atoms with Crippen LogP contribution >= 0.6 is 11.3 Å². The Morgan fingerprint density at radius 1 is 1.16 bits per heavy atom. The molecule has 0 saturated carbocycles. The number of amides is 1. The molecule has 2 unspecified atom stereocenters. The van der Waals surface area contributed by atoms with E-state index in [1.54, 1.807) is 5.51 Å². The third-order valence-corrected chi connectivity index (χ3v) is 5.95. The zero-order valence-electron chi connectivity index (χ0n) is 14.8. The van der Waals surface area contributed by atoms with Gasteiger partial charge in [-0.1, -0.05) is 12.1 Å². The highest BCUT2D eigenvalue weighted by Gasteiger charge is 2.41. The first-order valence-electron chi connectivity index (χ1n) is 8.76. The molecule has 0 N–H and O–H groups in total. The van der Waals surface area contributed by atoms with Crippen molar-refractivity contribution in [3.63, 3.8) is 0 Å². The minimum atomic E-state index is 0.0986. The zero-order valence-corrected chi connectivity index (χ0v) is 15.6. The Bertz CT molecular complexity index is 714. The van der Waals surface area contributed by atoms with Crippen LogP contribution in [0.25, 0.3) is 0 Å². The van der Waals surface area contributed by atoms with Gasteiger partial charge in [-0.05, 0) is 29.5 Å². The fourth-order valence-electron chi connectivity index (χ4n) is 4.02. The molecule has 2 saturated heterocycles. The molecule has 2 aliphatic heterocycles. The monoisotopic (exact) mass is 356 g/mol. The summed E-state index contributed by atoms with van der Waals surface area (Å²) in [6.45, 7) is 4.91. The molecule has 132 valence electrons. The number of fused-ring (bicyclic) bond motifs is 1. The predicted octanol–water partition coefficient (Wildman–Crippen LogP) is 2.41. The molecule has 1 aromatic heterocycles. The van der Waals surface area contributed by atoms with E-state index in [1.807, 2.05) is 10.3 Å². The van der Waals surface area contributed by atoms with E-state index >= 15 is 0 Å². The lowest BCUT2D eigenvalue weighted by atomic mass is 10.0. The van der Waals surface area contributed by atoms with Gasteiger partial charge in [0.2, 0.25) is 0 Å². The Hall–Kier alpha value is -1.92. The average molecular weight is 356 g/mol. The number of aromatic nitrogens is 1. The number of anilines is 1. The van der Waals surface area contributed by atoms with E-state index in [0.29, 0.717) is 17.5 Å². The van der Waals surface area contributed by atoms with Gasteiger partial charge in [0.1, 0.15) is 5.69 Å². The molecular weight excluding hydrogens is 332 g/mol. The summed E-state index contributed by atoms with van der Waals surface area (Å²) in [5.41, 5.74) is 4.93. The van der Waals surface area contributed by atoms with Crippen molar-refractivity contribution in [2.24, 2.45) is 11.8 Å². The van der Waals surface area contributed by atoms with Crippen LogP contribution in [0.1, 0.15) is 16.1 Å². The summed E-state index contributed by atoms with van der Waals surface area (Å²) in [4.78, 5) is 23.3. The van der Waals surface area contributed by atoms with Gasteiger partial charge in [-0.25, -0.2) is 4.98 Å². The summed E-state index contributed by atoms with van der Waals surface area (Å²) in [5, 5.41) is 1.85. The SMILES string of the molecule is CN(C)c1ccc(CN2CC3CN(C(=O)c4cscn4)CC3C2)cc1. The molecule has 2 aliphatic rings. The Labute approximate surface area is 152 Å². The highest BCUT2D eigenvalue weighted by molar-refractivity contribution is 7.07. The summed E-state index contributed by atoms with van der Waals surface area (Å²) in [6, 6.07) is 8.81. The van der Waals surface area contributed by atoms with Gasteiger partial charge in [0.25, 0.3) is 5.91 Å². The molecule has 0 radical (unpaired) electrons. The summed E-state index contributed by atoms with van der Waals surface area (Å²) >= 11 is 1.48. The highest BCUT2D eigenvalue weighted by Crippen LogP contribution is 2.32. The first-order valence-corrected chi connectivity index (χ1v) is 9.70. The van der Waals surface area contributed by atoms with Crippen LogP contribution in [0.15, 0.2) is 35.2 Å². The standard InChI is InChI=1S/C19H24N4OS/c1-21(2)17-5-3-14(4-6-17)7-22-8-15-10-23(11-16(15)9-22)19(24)18-12-25-13-20-18/h3-6,12-13,15-16H,7-11H2,1-2H3. The van der Waals surface area contributed by atoms with Crippen LogP contribution in [-0.2, 0) is 6.54 Å². The highest BCUT2D eigenvalue weighted by atomic mass is 32.1. The molecule has 3 heterocycles. The lowest BCUT2D eigenvalue weighted by molar-refractivity contribution is 0.0768. The molecule has 1 aromatic carbocycles. The van der Waals surface area contributed by atoms with Crippen LogP contribution in [0.5, 0.6) is 0 Å². The van der Waals surface area contributed by atoms with E-state index in [9.17, 15) is 4.79 Å². The van der Waals surface area contributed by atoms with Crippen molar-refractivity contribution in [3.05, 3.63) is 46.4 Å². The van der Waals surface area contributed by atoms with Gasteiger partial charge in [-0.15, -0.1) is 11.3 Å². The second-order valence-corrected chi connectivity index (χ2v) is 8.08. The molecule has 0 spiro atoms. The van der Waals surface area contributed by atoms with E-state index in [0.717, 1.165) is 32.7 Å². The maximum Gasteiger partial charge on any atom is 0.273 e. The van der Waals surface area contributed by atoms with E-state index in [2.05, 4.69) is 53.1 Å². The molecule has 0 bridgehead atoms. The molecule has 1 amide bonds. The van der Waals surface area contributed by atoms with Gasteiger partial charge >= 0.3 is 0 Å². The minimum absolute atomic E-state index is 0.0986. The minimum Gasteiger partial charge on any atom is -0.378 e. The second-order valence-electron chi connectivity index (χ2n) is 7.36. The third kappa shape index (κ3) is 3.41. The Morgan fingerprint density at radius 2 is 1.84 bits per heavy atom. The maximum atomic E-state index is 12.5. The van der Waals surface area contributed by atoms with Crippen molar-refractivity contribution in [1.29, 1.82) is 0 Å². The van der Waals surface area contributed by atoms with Gasteiger partial charge in [0.05, 0.1) is 5.51 Å². The smallest absolute Gasteiger partial charge is 0.273 e. The molecular formula is C19H24N4OS. The summed E-state index contributed by atoms with van der Waals surface area (Å²) < 4.78 is 0. The number of hydrogen-bond acceptors (Lipinski definition) is 5. The van der Waals surface area contributed by atoms with Crippen molar-refractivity contribution in [1.82, 2.24) is 14.8 Å². The average Bonchev–Trinajstić information content (AvgIpc) is 3.30. The Balaban J connectivity index is 1.32. The lowest BCUT2D eigenvalue weighted by Gasteiger charge is -2.21. The molecule has 2 atom stereocenters. The lowest BCUT2D eigenvalue weighted by Crippen LogP contribution is -2.33. The van der Waals surface area contributed by atoms with E-state index in [1.165, 1.54) is 22.6 Å². The van der Waals surface area contributed by atoms with Crippen LogP contribution in [0, 0.1) is 11.8 Å². The predicted molar refractivity (Wildman–Crippen MR) is 101 cm³/mol. The van der Waals surface area contributed by atoms with Crippen molar-refractivity contribution in [3.8, 4) is 0 Å². The van der Waals surface area contributed by atoms with Gasteiger partial charge in [-0.2, -0.15) is 0 Å². The number of rotatable bonds is 4. The zero-order chi connectivity index (χ0) is 17.4. The number of carbonyl (C=O) groups excluding carboxylic acids is 1. The van der Waals surface area contributed by atoms with Crippen molar-refractivity contribution in [2.45, 2.75) is 6.54 Å². The van der Waals surface area contributed by atoms with Crippen LogP contribution < -0.4 is 4.90 Å². The van der Waals surface area contributed by atoms with Crippen molar-refractivity contribution in [2.75, 3.05) is 45.2 Å². The van der Waals surface area contributed by atoms with Gasteiger partial charge < -0.3 is 9.80 Å². The molecule has 2 fully saturated rings. The van der Waals surface area contributed by atoms with Crippen LogP contribution in [0.2, 0.25) is 0 Å². The van der Waals surface area contributed by atoms with Gasteiger partial charge in [0.15, 0.2) is 0 Å². The van der Waals surface area contributed by atoms with Crippen molar-refractivity contribution >= 4 is 22.9 Å². The first kappa shape index (κ1) is 16.5. The number of likely N-dealkylation sites (tertiary alicyclic amines) is 2. The van der Waals surface area contributed by atoms with Crippen molar-refractivity contribution < 1.29 is 4.79 Å². The maximum absolute atomic E-state index is 12.5. The molecule has 6 heteroatoms. The molecule has 2 aromatic rings. The molecule has 25 heavy (non-hydrogen) atoms. The van der Waals surface area contributed by atoms with E-state index < -0.39 is 0 Å². The summed E-state index contributed by atoms with van der Waals surface area (Å²) in [6.07, 6.45) is 0. The normalized spacial score (nSPS) is 23.0. The second kappa shape index (κ2) is 6.77. The number of thiazole rings is 1. The number of carbonyl (C=O) groups is 1. The van der Waals surface area contributed by atoms with Crippen LogP contribution in [0.4, 0.5) is 5.69 Å². The quantitative estimate of drug-likeness (QED) is 0.843. The molecule has 5 nitrogen and oxygen atoms in total. The van der Waals surface area contributed by atoms with E-state index in [-0.39, 0.29) is 5.91 Å². The summed E-state index contributed by atoms with van der Waals surface area (Å²) in [5.74, 6) is 1.30. The van der Waals surface area contributed by atoms with Gasteiger partial charge in [0, 0.05) is 57.9 Å². The molecule has 0 aliphatic carbocycles. The fraction of sp³-hybridized carbons (Fsp3) is 0.474. The topological polar surface area (TPSA) is 39.7 Å². The number of benzene rings is 1. The third-order valence-electron chi connectivity index (χ3n) is 5.36. The number of nitrogens with zero attached hydrogens (tertiary/aromatic N) is 4. The largest absolute Gasteiger partial charge is 0.378 e. The number of hydrogen-bond donors (Lipinski definition) is 0. The fourth-order valence-corrected chi connectivity index (χ4v) is 4.55. The molecule has 4 rings (SSSR count). The van der Waals surface area contributed by atoms with E-state index in [4.69, 9.17) is 0 Å². The summed E-state index contributed by atoms with van der Waals surface area (Å²) in [7, 11) is 4.13. The van der Waals surface area contributed by atoms with Crippen LogP contribution in [-0.4, -0.2) is 61.0 Å². The Morgan fingerprint density at radius 3 is 2.40 bits per heavy atom.